The molecule has 0 bridgehead atoms. The lowest BCUT2D eigenvalue weighted by Gasteiger charge is -2.54. The molecule has 0 aromatic carbocycles. The topological polar surface area (TPSA) is 76.2 Å². The molecule has 0 aromatic heterocycles. The summed E-state index contributed by atoms with van der Waals surface area (Å²) in [5.74, 6) is -0.656. The van der Waals surface area contributed by atoms with E-state index in [1.54, 1.807) is 11.8 Å². The molecule has 1 saturated heterocycles. The Labute approximate surface area is 143 Å². The average Bonchev–Trinajstić information content (AvgIpc) is 2.46. The normalized spacial score (nSPS) is 25.3. The van der Waals surface area contributed by atoms with Gasteiger partial charge in [-0.15, -0.1) is 0 Å². The van der Waals surface area contributed by atoms with E-state index < -0.39 is 17.6 Å². The number of carbonyl (C=O) groups is 3. The first-order valence-corrected chi connectivity index (χ1v) is 8.55. The Morgan fingerprint density at radius 2 is 1.75 bits per heavy atom. The molecule has 0 spiro atoms. The summed E-state index contributed by atoms with van der Waals surface area (Å²) in [6, 6.07) is -0.870. The molecular formula is C17H28N2O5. The van der Waals surface area contributed by atoms with Gasteiger partial charge in [-0.3, -0.25) is 9.69 Å². The number of methoxy groups -OCH3 is 1. The molecule has 2 aliphatic rings. The van der Waals surface area contributed by atoms with Crippen molar-refractivity contribution < 1.29 is 23.9 Å². The van der Waals surface area contributed by atoms with Crippen LogP contribution in [0.1, 0.15) is 47.0 Å². The van der Waals surface area contributed by atoms with Crippen LogP contribution in [0.15, 0.2) is 0 Å². The second-order valence-electron chi connectivity index (χ2n) is 7.37. The number of esters is 1. The van der Waals surface area contributed by atoms with Crippen LogP contribution in [0, 0.1) is 0 Å². The van der Waals surface area contributed by atoms with Crippen LogP contribution in [0.4, 0.5) is 4.79 Å². The molecular weight excluding hydrogens is 312 g/mol. The highest BCUT2D eigenvalue weighted by atomic mass is 16.6. The molecule has 2 fully saturated rings. The highest BCUT2D eigenvalue weighted by Crippen LogP contribution is 2.36. The Kier molecular flexibility index (Phi) is 5.52. The Morgan fingerprint density at radius 1 is 1.12 bits per heavy atom. The van der Waals surface area contributed by atoms with Crippen molar-refractivity contribution >= 4 is 17.8 Å². The molecule has 7 nitrogen and oxygen atoms in total. The van der Waals surface area contributed by atoms with Crippen LogP contribution in [0.3, 0.4) is 0 Å². The fraction of sp³-hybridized carbons (Fsp3) is 0.824. The van der Waals surface area contributed by atoms with Crippen LogP contribution in [0.25, 0.3) is 0 Å². The monoisotopic (exact) mass is 340 g/mol. The van der Waals surface area contributed by atoms with E-state index in [2.05, 4.69) is 0 Å². The number of hydrogen-bond acceptors (Lipinski definition) is 6. The van der Waals surface area contributed by atoms with Crippen molar-refractivity contribution in [2.45, 2.75) is 70.7 Å². The van der Waals surface area contributed by atoms with Gasteiger partial charge >= 0.3 is 12.1 Å². The van der Waals surface area contributed by atoms with E-state index in [0.717, 1.165) is 12.8 Å². The molecule has 1 amide bonds. The number of fused-ring (bicyclic) bond motifs is 1. The molecule has 1 aliphatic heterocycles. The van der Waals surface area contributed by atoms with Gasteiger partial charge in [0.15, 0.2) is 11.8 Å². The van der Waals surface area contributed by atoms with Crippen molar-refractivity contribution in [3.8, 4) is 0 Å². The maximum atomic E-state index is 12.4. The number of carbonyl (C=O) groups excluding carboxylic acids is 3. The third-order valence-corrected chi connectivity index (χ3v) is 4.67. The molecule has 2 rings (SSSR count). The maximum Gasteiger partial charge on any atom is 0.410 e. The Bertz CT molecular complexity index is 498. The van der Waals surface area contributed by atoms with E-state index in [1.165, 1.54) is 7.11 Å². The van der Waals surface area contributed by atoms with Gasteiger partial charge in [-0.2, -0.15) is 0 Å². The van der Waals surface area contributed by atoms with Gasteiger partial charge in [0.2, 0.25) is 0 Å². The molecule has 0 N–H and O–H groups in total. The zero-order valence-corrected chi connectivity index (χ0v) is 15.2. The predicted octanol–water partition coefficient (Wildman–Crippen LogP) is 1.59. The molecule has 1 heterocycles. The predicted molar refractivity (Wildman–Crippen MR) is 87.6 cm³/mol. The van der Waals surface area contributed by atoms with Crippen LogP contribution in [0.5, 0.6) is 0 Å². The quantitative estimate of drug-likeness (QED) is 0.571. The highest BCUT2D eigenvalue weighted by molar-refractivity contribution is 6.03. The van der Waals surface area contributed by atoms with Gasteiger partial charge in [-0.25, -0.2) is 9.59 Å². The van der Waals surface area contributed by atoms with E-state index in [9.17, 15) is 14.4 Å². The fourth-order valence-corrected chi connectivity index (χ4v) is 3.39. The van der Waals surface area contributed by atoms with Gasteiger partial charge < -0.3 is 14.4 Å². The van der Waals surface area contributed by atoms with E-state index in [1.807, 2.05) is 25.7 Å². The Morgan fingerprint density at radius 3 is 2.21 bits per heavy atom. The van der Waals surface area contributed by atoms with Gasteiger partial charge in [0, 0.05) is 25.6 Å². The second-order valence-corrected chi connectivity index (χ2v) is 7.37. The third-order valence-electron chi connectivity index (χ3n) is 4.67. The van der Waals surface area contributed by atoms with Crippen molar-refractivity contribution in [1.29, 1.82) is 0 Å². The summed E-state index contributed by atoms with van der Waals surface area (Å²) in [6.07, 6.45) is 1.67. The fourth-order valence-electron chi connectivity index (χ4n) is 3.39. The largest absolute Gasteiger partial charge is 0.468 e. The zero-order valence-electron chi connectivity index (χ0n) is 15.2. The summed E-state index contributed by atoms with van der Waals surface area (Å²) < 4.78 is 10.3. The number of ether oxygens (including phenoxy) is 2. The number of piperazine rings is 1. The first-order chi connectivity index (χ1) is 11.2. The number of Topliss-reactive ketones (excluding diaryl/α,β-unsaturated/α-hetero) is 1. The third kappa shape index (κ3) is 3.71. The lowest BCUT2D eigenvalue weighted by atomic mass is 9.80. The van der Waals surface area contributed by atoms with Crippen LogP contribution in [-0.2, 0) is 19.1 Å². The molecule has 0 aromatic rings. The number of ketones is 1. The lowest BCUT2D eigenvalue weighted by molar-refractivity contribution is -0.157. The van der Waals surface area contributed by atoms with E-state index in [-0.39, 0.29) is 30.4 Å². The highest BCUT2D eigenvalue weighted by Gasteiger charge is 2.50. The van der Waals surface area contributed by atoms with E-state index >= 15 is 0 Å². The zero-order chi connectivity index (χ0) is 18.1. The first-order valence-electron chi connectivity index (χ1n) is 8.55. The van der Waals surface area contributed by atoms with Gasteiger partial charge in [0.05, 0.1) is 13.2 Å². The minimum atomic E-state index is -0.867. The van der Waals surface area contributed by atoms with Crippen LogP contribution in [-0.4, -0.2) is 71.6 Å². The summed E-state index contributed by atoms with van der Waals surface area (Å²) in [6.45, 7) is 8.17. The molecule has 1 unspecified atom stereocenters. The maximum absolute atomic E-state index is 12.4. The van der Waals surface area contributed by atoms with Crippen molar-refractivity contribution in [3.63, 3.8) is 0 Å². The van der Waals surface area contributed by atoms with Gasteiger partial charge in [0.25, 0.3) is 0 Å². The molecule has 136 valence electrons. The Hall–Kier alpha value is -1.63. The van der Waals surface area contributed by atoms with E-state index in [0.29, 0.717) is 13.1 Å². The lowest BCUT2D eigenvalue weighted by Crippen LogP contribution is -2.70. The van der Waals surface area contributed by atoms with Gasteiger partial charge in [0.1, 0.15) is 5.60 Å². The first kappa shape index (κ1) is 18.7. The minimum absolute atomic E-state index is 0.00543. The number of hydrogen-bond donors (Lipinski definition) is 0. The summed E-state index contributed by atoms with van der Waals surface area (Å²) in [5.41, 5.74) is -0.541. The van der Waals surface area contributed by atoms with Crippen molar-refractivity contribution in [1.82, 2.24) is 9.80 Å². The molecule has 1 aliphatic carbocycles. The number of nitrogens with zero attached hydrogens (tertiary/aromatic N) is 2. The molecule has 0 radical (unpaired) electrons. The summed E-state index contributed by atoms with van der Waals surface area (Å²) >= 11 is 0. The van der Waals surface area contributed by atoms with Crippen LogP contribution in [0.2, 0.25) is 0 Å². The van der Waals surface area contributed by atoms with Crippen molar-refractivity contribution in [3.05, 3.63) is 0 Å². The summed E-state index contributed by atoms with van der Waals surface area (Å²) in [4.78, 5) is 40.4. The van der Waals surface area contributed by atoms with Gasteiger partial charge in [-0.05, 0) is 33.6 Å². The number of rotatable bonds is 4. The smallest absolute Gasteiger partial charge is 0.410 e. The standard InChI is InChI=1S/C17H28N2O5/c1-6-13(20)14(15(21)23-5)18-9-10-19(12-8-7-11(12)18)16(22)24-17(2,3)4/h11-12,14H,6-10H2,1-5H3/t11-,12-,14?/m0/s1. The summed E-state index contributed by atoms with van der Waals surface area (Å²) in [7, 11) is 1.30. The Balaban J connectivity index is 2.12. The SMILES string of the molecule is CCC(=O)C(C(=O)OC)N1CCN(C(=O)OC(C)(C)C)[C@H]2CC[C@@H]21. The average molecular weight is 340 g/mol. The second kappa shape index (κ2) is 7.09. The molecule has 24 heavy (non-hydrogen) atoms. The van der Waals surface area contributed by atoms with Crippen LogP contribution < -0.4 is 0 Å². The van der Waals surface area contributed by atoms with Crippen molar-refractivity contribution in [2.24, 2.45) is 0 Å². The summed E-state index contributed by atoms with van der Waals surface area (Å²) in [5, 5.41) is 0. The molecule has 3 atom stereocenters. The molecule has 7 heteroatoms. The van der Waals surface area contributed by atoms with Gasteiger partial charge in [-0.1, -0.05) is 6.92 Å². The van der Waals surface area contributed by atoms with Crippen molar-refractivity contribution in [2.75, 3.05) is 20.2 Å². The minimum Gasteiger partial charge on any atom is -0.468 e. The van der Waals surface area contributed by atoms with E-state index in [4.69, 9.17) is 9.47 Å². The number of amides is 1. The molecule has 1 saturated carbocycles. The van der Waals surface area contributed by atoms with Crippen LogP contribution >= 0.6 is 0 Å².